The first-order valence-electron chi connectivity index (χ1n) is 15.0. The van der Waals surface area contributed by atoms with Crippen LogP contribution in [-0.2, 0) is 18.3 Å². The van der Waals surface area contributed by atoms with Crippen molar-refractivity contribution in [1.29, 1.82) is 0 Å². The molecule has 0 amide bonds. The molecule has 4 unspecified atom stereocenters. The van der Waals surface area contributed by atoms with E-state index in [4.69, 9.17) is 9.47 Å². The predicted octanol–water partition coefficient (Wildman–Crippen LogP) is 4.90. The molecule has 0 aromatic heterocycles. The van der Waals surface area contributed by atoms with Crippen molar-refractivity contribution in [2.45, 2.75) is 87.9 Å². The van der Waals surface area contributed by atoms with Crippen LogP contribution in [0.2, 0.25) is 0 Å². The largest absolute Gasteiger partial charge is 0.493 e. The summed E-state index contributed by atoms with van der Waals surface area (Å²) in [5.41, 5.74) is 3.40. The molecule has 3 aliphatic carbocycles. The molecule has 2 aromatic carbocycles. The van der Waals surface area contributed by atoms with Crippen LogP contribution in [0.25, 0.3) is 0 Å². The van der Waals surface area contributed by atoms with Crippen molar-refractivity contribution in [2.75, 3.05) is 26.8 Å². The van der Waals surface area contributed by atoms with E-state index in [9.17, 15) is 10.2 Å². The summed E-state index contributed by atoms with van der Waals surface area (Å²) in [6.45, 7) is 2.30. The van der Waals surface area contributed by atoms with Crippen molar-refractivity contribution >= 4 is 0 Å². The van der Waals surface area contributed by atoms with E-state index < -0.39 is 11.5 Å². The van der Waals surface area contributed by atoms with Crippen LogP contribution in [0.4, 0.5) is 0 Å². The number of piperidine rings is 1. The molecule has 1 spiro atoms. The van der Waals surface area contributed by atoms with Crippen LogP contribution in [0.1, 0.15) is 68.1 Å². The van der Waals surface area contributed by atoms with E-state index in [0.717, 1.165) is 75.3 Å². The van der Waals surface area contributed by atoms with E-state index in [0.29, 0.717) is 12.0 Å². The topological polar surface area (TPSA) is 62.2 Å². The number of hydrogen-bond donors (Lipinski definition) is 2. The molecule has 5 heteroatoms. The quantitative estimate of drug-likeness (QED) is 0.439. The van der Waals surface area contributed by atoms with Crippen LogP contribution >= 0.6 is 0 Å². The average Bonchev–Trinajstić information content (AvgIpc) is 3.70. The van der Waals surface area contributed by atoms with Gasteiger partial charge >= 0.3 is 0 Å². The van der Waals surface area contributed by atoms with E-state index in [1.54, 1.807) is 7.11 Å². The number of methoxy groups -OCH3 is 1. The highest BCUT2D eigenvalue weighted by Gasteiger charge is 2.70. The van der Waals surface area contributed by atoms with Crippen LogP contribution in [0.15, 0.2) is 42.5 Å². The zero-order chi connectivity index (χ0) is 25.9. The van der Waals surface area contributed by atoms with Crippen LogP contribution in [-0.4, -0.2) is 60.2 Å². The minimum atomic E-state index is -0.684. The molecule has 6 atom stereocenters. The third kappa shape index (κ3) is 3.76. The first kappa shape index (κ1) is 24.9. The van der Waals surface area contributed by atoms with Gasteiger partial charge in [-0.25, -0.2) is 0 Å². The van der Waals surface area contributed by atoms with E-state index in [1.165, 1.54) is 36.1 Å². The number of likely N-dealkylation sites (tertiary alicyclic amines) is 1. The number of ether oxygens (including phenoxy) is 2. The molecular weight excluding hydrogens is 474 g/mol. The first-order chi connectivity index (χ1) is 18.6. The number of nitrogens with zero attached hydrogens (tertiary/aromatic N) is 1. The molecular formula is C33H43NO4. The zero-order valence-electron chi connectivity index (χ0n) is 22.8. The molecule has 0 radical (unpaired) electrons. The molecule has 2 heterocycles. The van der Waals surface area contributed by atoms with Crippen LogP contribution in [0.3, 0.4) is 0 Å². The molecule has 3 fully saturated rings. The monoisotopic (exact) mass is 517 g/mol. The molecule has 2 aliphatic heterocycles. The minimum Gasteiger partial charge on any atom is -0.493 e. The fraction of sp³-hybridized carbons (Fsp3) is 0.636. The third-order valence-corrected chi connectivity index (χ3v) is 11.0. The Labute approximate surface area is 227 Å². The number of aliphatic hydroxyl groups is 2. The van der Waals surface area contributed by atoms with Crippen molar-refractivity contribution in [1.82, 2.24) is 4.90 Å². The van der Waals surface area contributed by atoms with Gasteiger partial charge in [-0.3, -0.25) is 4.90 Å². The van der Waals surface area contributed by atoms with Gasteiger partial charge in [-0.2, -0.15) is 0 Å². The molecule has 2 bridgehead atoms. The zero-order valence-corrected chi connectivity index (χ0v) is 22.8. The number of rotatable bonds is 10. The van der Waals surface area contributed by atoms with Gasteiger partial charge in [0.2, 0.25) is 0 Å². The standard InChI is InChI=1S/C33H43NO4/c1-37-27-14-13-24-18-26-25-19-32(21-35,15-7-3-6-10-22-8-4-2-5-9-22)30(36)31-33(25,28(24)29(27)38-31)16-17-34(26)20-23-11-12-23/h2,4-5,8-9,13-14,23,25-26,30-31,35-36H,3,6-7,10-12,15-21H2,1H3/t25?,26?,30-,31?,32+,33?/m0/s1. The van der Waals surface area contributed by atoms with Gasteiger partial charge in [0.15, 0.2) is 11.5 Å². The fourth-order valence-electron chi connectivity index (χ4n) is 8.89. The van der Waals surface area contributed by atoms with E-state index in [1.807, 2.05) is 0 Å². The van der Waals surface area contributed by atoms with E-state index in [2.05, 4.69) is 47.4 Å². The van der Waals surface area contributed by atoms with E-state index in [-0.39, 0.29) is 18.1 Å². The Kier molecular flexibility index (Phi) is 6.25. The molecule has 38 heavy (non-hydrogen) atoms. The molecule has 5 nitrogen and oxygen atoms in total. The third-order valence-electron chi connectivity index (χ3n) is 11.0. The molecule has 2 N–H and O–H groups in total. The van der Waals surface area contributed by atoms with Gasteiger partial charge in [0.25, 0.3) is 0 Å². The van der Waals surface area contributed by atoms with Gasteiger partial charge in [-0.15, -0.1) is 0 Å². The van der Waals surface area contributed by atoms with Gasteiger partial charge in [0, 0.05) is 29.0 Å². The predicted molar refractivity (Wildman–Crippen MR) is 148 cm³/mol. The van der Waals surface area contributed by atoms with Gasteiger partial charge in [0.1, 0.15) is 6.10 Å². The number of hydrogen-bond acceptors (Lipinski definition) is 5. The molecule has 1 saturated heterocycles. The number of unbranched alkanes of at least 4 members (excludes halogenated alkanes) is 2. The van der Waals surface area contributed by atoms with Gasteiger partial charge in [-0.1, -0.05) is 49.2 Å². The van der Waals surface area contributed by atoms with Crippen LogP contribution < -0.4 is 9.47 Å². The number of aliphatic hydroxyl groups excluding tert-OH is 2. The fourth-order valence-corrected chi connectivity index (χ4v) is 8.89. The van der Waals surface area contributed by atoms with E-state index >= 15 is 0 Å². The lowest BCUT2D eigenvalue weighted by atomic mass is 9.46. The molecule has 5 aliphatic rings. The lowest BCUT2D eigenvalue weighted by molar-refractivity contribution is -0.181. The summed E-state index contributed by atoms with van der Waals surface area (Å²) >= 11 is 0. The summed E-state index contributed by atoms with van der Waals surface area (Å²) in [4.78, 5) is 2.77. The highest BCUT2D eigenvalue weighted by Crippen LogP contribution is 2.67. The van der Waals surface area contributed by atoms with Crippen molar-refractivity contribution in [3.63, 3.8) is 0 Å². The maximum absolute atomic E-state index is 12.1. The van der Waals surface area contributed by atoms with Gasteiger partial charge in [0.05, 0.1) is 19.8 Å². The Bertz CT molecular complexity index is 1170. The summed E-state index contributed by atoms with van der Waals surface area (Å²) in [5.74, 6) is 2.90. The average molecular weight is 518 g/mol. The lowest BCUT2D eigenvalue weighted by Gasteiger charge is -2.63. The normalized spacial score (nSPS) is 35.0. The molecule has 2 saturated carbocycles. The SMILES string of the molecule is COc1ccc2c3c1OC1[C@H](O)[C@](CO)(CCCCCc4ccccc4)CC4C(C2)N(CC2CC2)CCC341. The van der Waals surface area contributed by atoms with Crippen molar-refractivity contribution in [3.8, 4) is 11.5 Å². The summed E-state index contributed by atoms with van der Waals surface area (Å²) < 4.78 is 12.5. The Morgan fingerprint density at radius 1 is 1.08 bits per heavy atom. The van der Waals surface area contributed by atoms with Crippen molar-refractivity contribution in [3.05, 3.63) is 59.2 Å². The highest BCUT2D eigenvalue weighted by atomic mass is 16.5. The van der Waals surface area contributed by atoms with Gasteiger partial charge < -0.3 is 19.7 Å². The molecule has 204 valence electrons. The Morgan fingerprint density at radius 2 is 1.92 bits per heavy atom. The smallest absolute Gasteiger partial charge is 0.165 e. The first-order valence-corrected chi connectivity index (χ1v) is 15.0. The Hall–Kier alpha value is -2.08. The second-order valence-corrected chi connectivity index (χ2v) is 13.0. The summed E-state index contributed by atoms with van der Waals surface area (Å²) in [5, 5.41) is 23.0. The van der Waals surface area contributed by atoms with Gasteiger partial charge in [-0.05, 0) is 86.9 Å². The minimum absolute atomic E-state index is 0.0228. The number of benzene rings is 2. The summed E-state index contributed by atoms with van der Waals surface area (Å²) in [6, 6.07) is 15.5. The highest BCUT2D eigenvalue weighted by molar-refractivity contribution is 5.61. The van der Waals surface area contributed by atoms with Crippen LogP contribution in [0, 0.1) is 17.3 Å². The maximum Gasteiger partial charge on any atom is 0.165 e. The van der Waals surface area contributed by atoms with Crippen molar-refractivity contribution in [2.24, 2.45) is 17.3 Å². The molecule has 2 aromatic rings. The summed E-state index contributed by atoms with van der Waals surface area (Å²) in [6.07, 6.45) is 9.88. The van der Waals surface area contributed by atoms with Crippen LogP contribution in [0.5, 0.6) is 11.5 Å². The second kappa shape index (κ2) is 9.53. The second-order valence-electron chi connectivity index (χ2n) is 13.0. The Balaban J connectivity index is 1.17. The molecule has 7 rings (SSSR count). The lowest BCUT2D eigenvalue weighted by Crippen LogP contribution is -2.71. The summed E-state index contributed by atoms with van der Waals surface area (Å²) in [7, 11) is 1.71. The maximum atomic E-state index is 12.1. The van der Waals surface area contributed by atoms with Crippen molar-refractivity contribution < 1.29 is 19.7 Å². The number of aryl methyl sites for hydroxylation is 1. The Morgan fingerprint density at radius 3 is 2.68 bits per heavy atom.